The second-order valence-corrected chi connectivity index (χ2v) is 2.78. The molecule has 0 radical (unpaired) electrons. The van der Waals surface area contributed by atoms with Gasteiger partial charge in [0.15, 0.2) is 0 Å². The summed E-state index contributed by atoms with van der Waals surface area (Å²) >= 11 is 0. The number of phenols is 1. The number of hydrogen-bond acceptors (Lipinski definition) is 1. The van der Waals surface area contributed by atoms with E-state index in [9.17, 15) is 5.11 Å². The molecule has 1 aromatic rings. The van der Waals surface area contributed by atoms with E-state index in [1.807, 2.05) is 26.0 Å². The highest BCUT2D eigenvalue weighted by atomic mass is 16.3. The van der Waals surface area contributed by atoms with Gasteiger partial charge in [0.25, 0.3) is 0 Å². The maximum atomic E-state index is 9.20. The number of allylic oxidation sites excluding steroid dienone is 1. The first kappa shape index (κ1) is 7.86. The number of phenolic OH excluding ortho intramolecular Hbond substituents is 1. The second kappa shape index (κ2) is 2.79. The lowest BCUT2D eigenvalue weighted by Gasteiger charge is -2.02. The molecule has 0 unspecified atom stereocenters. The Hall–Kier alpha value is -1.24. The van der Waals surface area contributed by atoms with Crippen molar-refractivity contribution in [3.8, 4) is 5.75 Å². The molecular weight excluding hydrogens is 136 g/mol. The number of benzene rings is 1. The molecule has 0 spiro atoms. The molecule has 0 heterocycles. The number of rotatable bonds is 1. The summed E-state index contributed by atoms with van der Waals surface area (Å²) in [5, 5.41) is 9.20. The minimum absolute atomic E-state index is 0.343. The monoisotopic (exact) mass is 148 g/mol. The SMILES string of the molecule is C=C(C)c1ccc(O)c(C)c1. The number of aromatic hydroxyl groups is 1. The van der Waals surface area contributed by atoms with Gasteiger partial charge in [-0.15, -0.1) is 0 Å². The molecule has 1 aromatic carbocycles. The molecule has 0 saturated heterocycles. The van der Waals surface area contributed by atoms with Gasteiger partial charge >= 0.3 is 0 Å². The summed E-state index contributed by atoms with van der Waals surface area (Å²) in [6.45, 7) is 7.64. The smallest absolute Gasteiger partial charge is 0.118 e. The zero-order chi connectivity index (χ0) is 8.43. The first-order chi connectivity index (χ1) is 5.11. The van der Waals surface area contributed by atoms with Crippen molar-refractivity contribution in [1.29, 1.82) is 0 Å². The Kier molecular flexibility index (Phi) is 1.99. The quantitative estimate of drug-likeness (QED) is 0.649. The first-order valence-electron chi connectivity index (χ1n) is 3.57. The molecule has 0 aliphatic heterocycles. The lowest BCUT2D eigenvalue weighted by Crippen LogP contribution is -1.80. The highest BCUT2D eigenvalue weighted by Crippen LogP contribution is 2.20. The Morgan fingerprint density at radius 1 is 1.45 bits per heavy atom. The van der Waals surface area contributed by atoms with Gasteiger partial charge in [-0.25, -0.2) is 0 Å². The molecule has 0 aliphatic rings. The van der Waals surface area contributed by atoms with Crippen LogP contribution in [0.4, 0.5) is 0 Å². The van der Waals surface area contributed by atoms with Crippen LogP contribution in [-0.2, 0) is 0 Å². The van der Waals surface area contributed by atoms with E-state index >= 15 is 0 Å². The zero-order valence-electron chi connectivity index (χ0n) is 6.89. The van der Waals surface area contributed by atoms with Crippen LogP contribution < -0.4 is 0 Å². The first-order valence-corrected chi connectivity index (χ1v) is 3.57. The van der Waals surface area contributed by atoms with Crippen LogP contribution in [-0.4, -0.2) is 5.11 Å². The Morgan fingerprint density at radius 3 is 2.55 bits per heavy atom. The van der Waals surface area contributed by atoms with Crippen molar-refractivity contribution in [3.63, 3.8) is 0 Å². The van der Waals surface area contributed by atoms with Crippen molar-refractivity contribution in [2.75, 3.05) is 0 Å². The van der Waals surface area contributed by atoms with Crippen LogP contribution in [0.15, 0.2) is 24.8 Å². The predicted molar refractivity (Wildman–Crippen MR) is 47.6 cm³/mol. The van der Waals surface area contributed by atoms with E-state index in [1.165, 1.54) is 0 Å². The fourth-order valence-electron chi connectivity index (χ4n) is 0.921. The van der Waals surface area contributed by atoms with E-state index in [0.717, 1.165) is 16.7 Å². The van der Waals surface area contributed by atoms with Gasteiger partial charge in [-0.2, -0.15) is 0 Å². The third-order valence-electron chi connectivity index (χ3n) is 1.69. The molecule has 1 nitrogen and oxygen atoms in total. The van der Waals surface area contributed by atoms with Crippen molar-refractivity contribution in [1.82, 2.24) is 0 Å². The van der Waals surface area contributed by atoms with E-state index in [0.29, 0.717) is 5.75 Å². The van der Waals surface area contributed by atoms with Gasteiger partial charge in [-0.1, -0.05) is 18.2 Å². The van der Waals surface area contributed by atoms with Gasteiger partial charge in [0.2, 0.25) is 0 Å². The summed E-state index contributed by atoms with van der Waals surface area (Å²) in [4.78, 5) is 0. The van der Waals surface area contributed by atoms with E-state index in [2.05, 4.69) is 6.58 Å². The second-order valence-electron chi connectivity index (χ2n) is 2.78. The predicted octanol–water partition coefficient (Wildman–Crippen LogP) is 2.73. The Balaban J connectivity index is 3.15. The Labute approximate surface area is 67.0 Å². The van der Waals surface area contributed by atoms with Crippen molar-refractivity contribution >= 4 is 5.57 Å². The number of hydrogen-bond donors (Lipinski definition) is 1. The molecule has 0 bridgehead atoms. The van der Waals surface area contributed by atoms with E-state index in [1.54, 1.807) is 6.07 Å². The molecule has 0 aliphatic carbocycles. The Morgan fingerprint density at radius 2 is 2.09 bits per heavy atom. The lowest BCUT2D eigenvalue weighted by atomic mass is 10.1. The molecule has 0 aromatic heterocycles. The summed E-state index contributed by atoms with van der Waals surface area (Å²) in [6, 6.07) is 5.49. The van der Waals surface area contributed by atoms with Crippen LogP contribution in [0.5, 0.6) is 5.75 Å². The maximum Gasteiger partial charge on any atom is 0.118 e. The normalized spacial score (nSPS) is 9.64. The van der Waals surface area contributed by atoms with Crippen LogP contribution in [0.25, 0.3) is 5.57 Å². The fraction of sp³-hybridized carbons (Fsp3) is 0.200. The lowest BCUT2D eigenvalue weighted by molar-refractivity contribution is 0.471. The summed E-state index contributed by atoms with van der Waals surface area (Å²) in [7, 11) is 0. The summed E-state index contributed by atoms with van der Waals surface area (Å²) < 4.78 is 0. The van der Waals surface area contributed by atoms with Crippen molar-refractivity contribution < 1.29 is 5.11 Å². The molecule has 1 heteroatoms. The van der Waals surface area contributed by atoms with Crippen molar-refractivity contribution in [2.45, 2.75) is 13.8 Å². The van der Waals surface area contributed by atoms with E-state index in [4.69, 9.17) is 0 Å². The minimum Gasteiger partial charge on any atom is -0.508 e. The molecule has 1 N–H and O–H groups in total. The van der Waals surface area contributed by atoms with E-state index < -0.39 is 0 Å². The summed E-state index contributed by atoms with van der Waals surface area (Å²) in [5.41, 5.74) is 3.00. The minimum atomic E-state index is 0.343. The third kappa shape index (κ3) is 1.61. The van der Waals surface area contributed by atoms with Crippen LogP contribution in [0.1, 0.15) is 18.1 Å². The molecule has 0 atom stereocenters. The molecule has 0 amide bonds. The molecule has 1 rings (SSSR count). The zero-order valence-corrected chi connectivity index (χ0v) is 6.89. The topological polar surface area (TPSA) is 20.2 Å². The van der Waals surface area contributed by atoms with Crippen LogP contribution in [0.2, 0.25) is 0 Å². The molecule has 0 fully saturated rings. The summed E-state index contributed by atoms with van der Waals surface area (Å²) in [6.07, 6.45) is 0. The van der Waals surface area contributed by atoms with Gasteiger partial charge in [0.05, 0.1) is 0 Å². The average molecular weight is 148 g/mol. The van der Waals surface area contributed by atoms with Gasteiger partial charge in [0.1, 0.15) is 5.75 Å². The van der Waals surface area contributed by atoms with E-state index in [-0.39, 0.29) is 0 Å². The Bertz CT molecular complexity index is 287. The molecule has 58 valence electrons. The molecular formula is C10H12O. The maximum absolute atomic E-state index is 9.20. The van der Waals surface area contributed by atoms with Gasteiger partial charge in [-0.3, -0.25) is 0 Å². The highest BCUT2D eigenvalue weighted by Gasteiger charge is 1.97. The number of aryl methyl sites for hydroxylation is 1. The standard InChI is InChI=1S/C10H12O/c1-7(2)9-4-5-10(11)8(3)6-9/h4-6,11H,1H2,2-3H3. The average Bonchev–Trinajstić information content (AvgIpc) is 1.94. The van der Waals surface area contributed by atoms with Gasteiger partial charge in [0, 0.05) is 0 Å². The fourth-order valence-corrected chi connectivity index (χ4v) is 0.921. The summed E-state index contributed by atoms with van der Waals surface area (Å²) in [5.74, 6) is 0.343. The third-order valence-corrected chi connectivity index (χ3v) is 1.69. The van der Waals surface area contributed by atoms with Crippen molar-refractivity contribution in [2.24, 2.45) is 0 Å². The van der Waals surface area contributed by atoms with Crippen LogP contribution >= 0.6 is 0 Å². The largest absolute Gasteiger partial charge is 0.508 e. The molecule has 11 heavy (non-hydrogen) atoms. The highest BCUT2D eigenvalue weighted by molar-refractivity contribution is 5.62. The van der Waals surface area contributed by atoms with Crippen LogP contribution in [0.3, 0.4) is 0 Å². The van der Waals surface area contributed by atoms with Gasteiger partial charge in [-0.05, 0) is 37.1 Å². The molecule has 0 saturated carbocycles. The van der Waals surface area contributed by atoms with Crippen molar-refractivity contribution in [3.05, 3.63) is 35.9 Å². The van der Waals surface area contributed by atoms with Crippen LogP contribution in [0, 0.1) is 6.92 Å². The van der Waals surface area contributed by atoms with Gasteiger partial charge < -0.3 is 5.11 Å².